The molecule has 0 N–H and O–H groups in total. The topological polar surface area (TPSA) is 82.4 Å². The lowest BCUT2D eigenvalue weighted by Gasteiger charge is -2.45. The van der Waals surface area contributed by atoms with Crippen molar-refractivity contribution in [1.29, 1.82) is 0 Å². The van der Waals surface area contributed by atoms with Crippen molar-refractivity contribution in [2.75, 3.05) is 13.7 Å². The van der Waals surface area contributed by atoms with Crippen LogP contribution in [0, 0.1) is 12.7 Å². The second-order valence-corrected chi connectivity index (χ2v) is 15.5. The van der Waals surface area contributed by atoms with E-state index in [0.717, 1.165) is 52.8 Å². The second kappa shape index (κ2) is 20.3. The van der Waals surface area contributed by atoms with Gasteiger partial charge in [-0.1, -0.05) is 127 Å². The molecule has 1 aliphatic heterocycles. The van der Waals surface area contributed by atoms with Gasteiger partial charge in [0.2, 0.25) is 12.2 Å². The fraction of sp³-hybridized carbons (Fsp3) is 0.340. The zero-order valence-corrected chi connectivity index (χ0v) is 34.2. The summed E-state index contributed by atoms with van der Waals surface area (Å²) in [6.07, 6.45) is -0.357. The molecule has 2 heterocycles. The molecule has 0 amide bonds. The summed E-state index contributed by atoms with van der Waals surface area (Å²) in [7, 11) is 1.53. The number of halogens is 1. The lowest BCUT2D eigenvalue weighted by molar-refractivity contribution is -0.310. The van der Waals surface area contributed by atoms with Crippen molar-refractivity contribution in [3.05, 3.63) is 184 Å². The van der Waals surface area contributed by atoms with Crippen molar-refractivity contribution in [2.24, 2.45) is 0 Å². The minimum Gasteiger partial charge on any atom is -0.497 e. The van der Waals surface area contributed by atoms with E-state index in [1.54, 1.807) is 12.1 Å². The van der Waals surface area contributed by atoms with E-state index in [1.165, 1.54) is 13.2 Å². The highest BCUT2D eigenvalue weighted by Gasteiger charge is 2.50. The predicted molar refractivity (Wildman–Crippen MR) is 226 cm³/mol. The molecule has 6 aromatic rings. The molecule has 9 nitrogen and oxygen atoms in total. The fourth-order valence-corrected chi connectivity index (χ4v) is 7.75. The third-order valence-electron chi connectivity index (χ3n) is 11.4. The Morgan fingerprint density at radius 2 is 1.20 bits per heavy atom. The fourth-order valence-electron chi connectivity index (χ4n) is 7.75. The van der Waals surface area contributed by atoms with Crippen molar-refractivity contribution in [3.63, 3.8) is 0 Å². The van der Waals surface area contributed by atoms with Gasteiger partial charge in [0.05, 0.1) is 46.2 Å². The van der Waals surface area contributed by atoms with Crippen LogP contribution in [0.5, 0.6) is 11.6 Å². The van der Waals surface area contributed by atoms with Crippen LogP contribution in [0.1, 0.15) is 64.4 Å². The maximum Gasteiger partial charge on any atom is 0.239 e. The third-order valence-corrected chi connectivity index (χ3v) is 11.4. The highest BCUT2D eigenvalue weighted by molar-refractivity contribution is 5.39. The quantitative estimate of drug-likeness (QED) is 0.0800. The van der Waals surface area contributed by atoms with Crippen LogP contribution < -0.4 is 9.47 Å². The molecule has 312 valence electrons. The Morgan fingerprint density at radius 1 is 0.667 bits per heavy atom. The normalized spacial score (nSPS) is 20.4. The molecular formula is C50H53FN2O7. The Morgan fingerprint density at radius 3 is 1.72 bits per heavy atom. The van der Waals surface area contributed by atoms with Crippen LogP contribution in [0.15, 0.2) is 140 Å². The van der Waals surface area contributed by atoms with Gasteiger partial charge < -0.3 is 33.2 Å². The lowest BCUT2D eigenvalue weighted by Crippen LogP contribution is -2.62. The first kappa shape index (κ1) is 41.4. The zero-order valence-electron chi connectivity index (χ0n) is 34.2. The molecular weight excluding hydrogens is 760 g/mol. The molecule has 1 unspecified atom stereocenters. The number of aromatic nitrogens is 2. The maximum absolute atomic E-state index is 15.6. The molecule has 5 atom stereocenters. The second-order valence-electron chi connectivity index (χ2n) is 15.5. The Kier molecular flexibility index (Phi) is 14.0. The highest BCUT2D eigenvalue weighted by atomic mass is 19.1. The molecule has 0 bridgehead atoms. The average Bonchev–Trinajstić information content (AvgIpc) is 3.55. The molecule has 1 saturated heterocycles. The van der Waals surface area contributed by atoms with E-state index in [9.17, 15) is 0 Å². The monoisotopic (exact) mass is 812 g/mol. The molecule has 1 saturated carbocycles. The molecule has 1 aromatic heterocycles. The van der Waals surface area contributed by atoms with Crippen LogP contribution in [-0.2, 0) is 56.5 Å². The third kappa shape index (κ3) is 10.3. The van der Waals surface area contributed by atoms with Crippen LogP contribution in [0.2, 0.25) is 0 Å². The van der Waals surface area contributed by atoms with Gasteiger partial charge in [-0.05, 0) is 60.1 Å². The summed E-state index contributed by atoms with van der Waals surface area (Å²) in [5.41, 5.74) is 6.23. The first-order valence-corrected chi connectivity index (χ1v) is 20.8. The summed E-state index contributed by atoms with van der Waals surface area (Å²) in [5, 5.41) is 5.09. The van der Waals surface area contributed by atoms with Gasteiger partial charge in [0.15, 0.2) is 0 Å². The summed E-state index contributed by atoms with van der Waals surface area (Å²) < 4.78 is 64.0. The van der Waals surface area contributed by atoms with Crippen LogP contribution in [-0.4, -0.2) is 54.2 Å². The standard InChI is InChI=1S/C50H53FN2O7/c1-35-43(28-40-26-27-42(54-2)29-44(40)51)49(52-53(35)41-24-15-25-41)60-50-48(58-33-39-22-13-6-14-23-39)47(57-32-38-20-11-5-12-21-38)46(56-31-37-18-9-4-10-19-37)45(59-50)34-55-30-36-16-7-3-8-17-36/h3-14,16-23,26-27,29,41,45-48,50H,15,24-25,28,30-34H2,1-2H3/t45-,46-,47+,48-,50?/m1/s1. The zero-order chi connectivity index (χ0) is 41.1. The minimum atomic E-state index is -1.01. The summed E-state index contributed by atoms with van der Waals surface area (Å²) in [6, 6.07) is 45.3. The summed E-state index contributed by atoms with van der Waals surface area (Å²) in [4.78, 5) is 0. The molecule has 0 spiro atoms. The number of nitrogens with zero attached hydrogens (tertiary/aromatic N) is 2. The van der Waals surface area contributed by atoms with E-state index in [0.29, 0.717) is 37.0 Å². The van der Waals surface area contributed by atoms with Crippen molar-refractivity contribution < 1.29 is 37.5 Å². The Hall–Kier alpha value is -5.36. The smallest absolute Gasteiger partial charge is 0.239 e. The first-order valence-electron chi connectivity index (χ1n) is 20.8. The largest absolute Gasteiger partial charge is 0.497 e. The van der Waals surface area contributed by atoms with Gasteiger partial charge in [0, 0.05) is 23.7 Å². The van der Waals surface area contributed by atoms with Gasteiger partial charge in [-0.15, -0.1) is 5.10 Å². The maximum atomic E-state index is 15.6. The Labute approximate surface area is 351 Å². The predicted octanol–water partition coefficient (Wildman–Crippen LogP) is 9.73. The Bertz CT molecular complexity index is 2220. The van der Waals surface area contributed by atoms with E-state index in [2.05, 4.69) is 0 Å². The number of hydrogen-bond donors (Lipinski definition) is 0. The first-order chi connectivity index (χ1) is 29.5. The van der Waals surface area contributed by atoms with Crippen molar-refractivity contribution in [1.82, 2.24) is 9.78 Å². The van der Waals surface area contributed by atoms with Crippen LogP contribution in [0.25, 0.3) is 0 Å². The van der Waals surface area contributed by atoms with Crippen molar-refractivity contribution in [3.8, 4) is 11.6 Å². The van der Waals surface area contributed by atoms with E-state index >= 15 is 4.39 Å². The minimum absolute atomic E-state index is 0.185. The van der Waals surface area contributed by atoms with E-state index in [1.807, 2.05) is 133 Å². The van der Waals surface area contributed by atoms with Gasteiger partial charge in [-0.3, -0.25) is 4.68 Å². The summed E-state index contributed by atoms with van der Waals surface area (Å²) in [6.45, 7) is 3.46. The SMILES string of the molecule is COc1ccc(Cc2c(OC3O[C@H](COCc4ccccc4)[C@@H](OCc4ccccc4)[C@H](OCc4ccccc4)[C@H]3OCc3ccccc3)nn(C3CCC3)c2C)c(F)c1. The van der Waals surface area contributed by atoms with Crippen molar-refractivity contribution in [2.45, 2.75) is 95.8 Å². The van der Waals surface area contributed by atoms with Gasteiger partial charge in [-0.25, -0.2) is 4.39 Å². The number of rotatable bonds is 19. The van der Waals surface area contributed by atoms with E-state index in [-0.39, 0.29) is 31.5 Å². The summed E-state index contributed by atoms with van der Waals surface area (Å²) >= 11 is 0. The molecule has 5 aromatic carbocycles. The summed E-state index contributed by atoms with van der Waals surface area (Å²) in [5.74, 6) is 0.453. The average molecular weight is 813 g/mol. The van der Waals surface area contributed by atoms with E-state index in [4.69, 9.17) is 38.3 Å². The molecule has 8 rings (SSSR count). The van der Waals surface area contributed by atoms with Gasteiger partial charge in [0.25, 0.3) is 0 Å². The number of ether oxygens (including phenoxy) is 7. The molecule has 60 heavy (non-hydrogen) atoms. The van der Waals surface area contributed by atoms with Gasteiger partial charge >= 0.3 is 0 Å². The molecule has 2 aliphatic rings. The number of benzene rings is 5. The van der Waals surface area contributed by atoms with Crippen molar-refractivity contribution >= 4 is 0 Å². The molecule has 2 fully saturated rings. The molecule has 1 aliphatic carbocycles. The van der Waals surface area contributed by atoms with E-state index < -0.39 is 30.7 Å². The van der Waals surface area contributed by atoms with Crippen LogP contribution >= 0.6 is 0 Å². The highest BCUT2D eigenvalue weighted by Crippen LogP contribution is 2.38. The Balaban J connectivity index is 1.17. The number of methoxy groups -OCH3 is 1. The molecule has 0 radical (unpaired) electrons. The number of hydrogen-bond acceptors (Lipinski definition) is 8. The van der Waals surface area contributed by atoms with Gasteiger partial charge in [0.1, 0.15) is 36.0 Å². The van der Waals surface area contributed by atoms with Crippen LogP contribution in [0.4, 0.5) is 4.39 Å². The molecule has 10 heteroatoms. The van der Waals surface area contributed by atoms with Gasteiger partial charge in [-0.2, -0.15) is 0 Å². The van der Waals surface area contributed by atoms with Crippen LogP contribution in [0.3, 0.4) is 0 Å². The lowest BCUT2D eigenvalue weighted by atomic mass is 9.93.